The molecule has 1 amide bonds. The lowest BCUT2D eigenvalue weighted by Gasteiger charge is -2.42. The molecule has 1 atom stereocenters. The number of rotatable bonds is 5. The average Bonchev–Trinajstić information content (AvgIpc) is 2.19. The molecule has 0 radical (unpaired) electrons. The Hall–Kier alpha value is -0.203. The molecule has 4 nitrogen and oxygen atoms in total. The number of amides is 1. The normalized spacial score (nSPS) is 15.1. The van der Waals surface area contributed by atoms with Crippen molar-refractivity contribution in [2.24, 2.45) is 0 Å². The van der Waals surface area contributed by atoms with Gasteiger partial charge in [-0.3, -0.25) is 0 Å². The Morgan fingerprint density at radius 3 is 1.95 bits per heavy atom. The summed E-state index contributed by atoms with van der Waals surface area (Å²) < 4.78 is 6.28. The first kappa shape index (κ1) is 19.8. The standard InChI is InChI=1S/C14H31NO3SSi/c1-13(2,3)15(12(16)17)9-11(10-19)18-20(7,8)14(4,5)6/h11,19H,9-10H2,1-8H3,(H,16,17)/t11-/m0/s1. The molecule has 0 unspecified atom stereocenters. The highest BCUT2D eigenvalue weighted by molar-refractivity contribution is 7.80. The smallest absolute Gasteiger partial charge is 0.407 e. The van der Waals surface area contributed by atoms with E-state index in [4.69, 9.17) is 4.43 Å². The summed E-state index contributed by atoms with van der Waals surface area (Å²) in [6, 6.07) is 0. The van der Waals surface area contributed by atoms with Gasteiger partial charge in [0.05, 0.1) is 12.6 Å². The van der Waals surface area contributed by atoms with Crippen LogP contribution < -0.4 is 0 Å². The van der Waals surface area contributed by atoms with E-state index in [9.17, 15) is 9.90 Å². The van der Waals surface area contributed by atoms with Crippen molar-refractivity contribution in [3.05, 3.63) is 0 Å². The minimum atomic E-state index is -1.92. The Labute approximate surface area is 130 Å². The first-order valence-electron chi connectivity index (χ1n) is 7.01. The van der Waals surface area contributed by atoms with Gasteiger partial charge in [0.2, 0.25) is 0 Å². The molecule has 0 aliphatic carbocycles. The number of thiol groups is 1. The van der Waals surface area contributed by atoms with Crippen LogP contribution >= 0.6 is 12.6 Å². The Kier molecular flexibility index (Phi) is 6.64. The van der Waals surface area contributed by atoms with Crippen molar-refractivity contribution in [3.63, 3.8) is 0 Å². The molecule has 0 fully saturated rings. The Bertz CT molecular complexity index is 334. The second-order valence-corrected chi connectivity index (χ2v) is 12.9. The predicted molar refractivity (Wildman–Crippen MR) is 90.4 cm³/mol. The third-order valence-corrected chi connectivity index (χ3v) is 8.84. The van der Waals surface area contributed by atoms with E-state index in [1.165, 1.54) is 4.90 Å². The fourth-order valence-corrected chi connectivity index (χ4v) is 3.24. The maximum absolute atomic E-state index is 11.4. The van der Waals surface area contributed by atoms with E-state index in [1.54, 1.807) is 0 Å². The van der Waals surface area contributed by atoms with Gasteiger partial charge in [0.25, 0.3) is 0 Å². The van der Waals surface area contributed by atoms with E-state index >= 15 is 0 Å². The summed E-state index contributed by atoms with van der Waals surface area (Å²) in [4.78, 5) is 12.8. The molecule has 0 spiro atoms. The summed E-state index contributed by atoms with van der Waals surface area (Å²) in [6.07, 6.45) is -1.09. The van der Waals surface area contributed by atoms with Crippen LogP contribution in [0.3, 0.4) is 0 Å². The summed E-state index contributed by atoms with van der Waals surface area (Å²) in [6.45, 7) is 16.9. The van der Waals surface area contributed by atoms with Crippen LogP contribution in [-0.2, 0) is 4.43 Å². The van der Waals surface area contributed by atoms with Gasteiger partial charge in [-0.25, -0.2) is 4.79 Å². The maximum Gasteiger partial charge on any atom is 0.407 e. The Balaban J connectivity index is 4.99. The molecule has 0 saturated heterocycles. The molecule has 0 saturated carbocycles. The van der Waals surface area contributed by atoms with Crippen molar-refractivity contribution in [1.29, 1.82) is 0 Å². The molecule has 0 aliphatic rings. The SMILES string of the molecule is CC(C)(C)N(C[C@@H](CS)O[Si](C)(C)C(C)(C)C)C(=O)O. The zero-order valence-electron chi connectivity index (χ0n) is 14.1. The van der Waals surface area contributed by atoms with Gasteiger partial charge in [0, 0.05) is 11.3 Å². The topological polar surface area (TPSA) is 49.8 Å². The summed E-state index contributed by atoms with van der Waals surface area (Å²) >= 11 is 4.34. The van der Waals surface area contributed by atoms with Crippen molar-refractivity contribution < 1.29 is 14.3 Å². The zero-order valence-corrected chi connectivity index (χ0v) is 16.0. The van der Waals surface area contributed by atoms with Crippen LogP contribution in [0.5, 0.6) is 0 Å². The molecular weight excluding hydrogens is 290 g/mol. The summed E-state index contributed by atoms with van der Waals surface area (Å²) in [5.74, 6) is 0.520. The van der Waals surface area contributed by atoms with Gasteiger partial charge in [-0.2, -0.15) is 12.6 Å². The van der Waals surface area contributed by atoms with E-state index in [1.807, 2.05) is 20.8 Å². The minimum Gasteiger partial charge on any atom is -0.465 e. The number of carbonyl (C=O) groups is 1. The Morgan fingerprint density at radius 1 is 1.25 bits per heavy atom. The molecule has 0 bridgehead atoms. The van der Waals surface area contributed by atoms with Gasteiger partial charge in [-0.05, 0) is 38.9 Å². The van der Waals surface area contributed by atoms with Gasteiger partial charge in [0.15, 0.2) is 8.32 Å². The molecule has 0 aliphatic heterocycles. The predicted octanol–water partition coefficient (Wildman–Crippen LogP) is 4.09. The van der Waals surface area contributed by atoms with E-state index in [2.05, 4.69) is 46.5 Å². The highest BCUT2D eigenvalue weighted by Crippen LogP contribution is 2.37. The first-order chi connectivity index (χ1) is 8.72. The summed E-state index contributed by atoms with van der Waals surface area (Å²) in [7, 11) is -1.92. The minimum absolute atomic E-state index is 0.101. The van der Waals surface area contributed by atoms with Gasteiger partial charge < -0.3 is 14.4 Å². The van der Waals surface area contributed by atoms with Crippen LogP contribution in [0, 0.1) is 0 Å². The van der Waals surface area contributed by atoms with Crippen LogP contribution in [0.2, 0.25) is 18.1 Å². The molecular formula is C14H31NO3SSi. The summed E-state index contributed by atoms with van der Waals surface area (Å²) in [5, 5.41) is 9.47. The molecule has 0 aromatic rings. The molecule has 0 aromatic carbocycles. The van der Waals surface area contributed by atoms with Crippen molar-refractivity contribution >= 4 is 27.0 Å². The van der Waals surface area contributed by atoms with E-state index in [0.29, 0.717) is 12.3 Å². The highest BCUT2D eigenvalue weighted by atomic mass is 32.1. The number of hydrogen-bond donors (Lipinski definition) is 2. The van der Waals surface area contributed by atoms with Crippen molar-refractivity contribution in [2.45, 2.75) is 71.3 Å². The fourth-order valence-electron chi connectivity index (χ4n) is 1.57. The number of nitrogens with zero attached hydrogens (tertiary/aromatic N) is 1. The number of carboxylic acid groups (broad SMARTS) is 1. The third-order valence-electron chi connectivity index (χ3n) is 3.90. The maximum atomic E-state index is 11.4. The zero-order chi connectivity index (χ0) is 16.4. The molecule has 0 heterocycles. The highest BCUT2D eigenvalue weighted by Gasteiger charge is 2.40. The lowest BCUT2D eigenvalue weighted by Crippen LogP contribution is -2.52. The van der Waals surface area contributed by atoms with Gasteiger partial charge in [-0.15, -0.1) is 0 Å². The van der Waals surface area contributed by atoms with Crippen LogP contribution in [-0.4, -0.2) is 48.4 Å². The number of hydrogen-bond acceptors (Lipinski definition) is 3. The van der Waals surface area contributed by atoms with Crippen LogP contribution in [0.15, 0.2) is 0 Å². The molecule has 120 valence electrons. The quantitative estimate of drug-likeness (QED) is 0.592. The van der Waals surface area contributed by atoms with Gasteiger partial charge in [0.1, 0.15) is 0 Å². The van der Waals surface area contributed by atoms with E-state index in [-0.39, 0.29) is 11.1 Å². The lowest BCUT2D eigenvalue weighted by atomic mass is 10.1. The van der Waals surface area contributed by atoms with Crippen LogP contribution in [0.1, 0.15) is 41.5 Å². The van der Waals surface area contributed by atoms with Crippen LogP contribution in [0.4, 0.5) is 4.79 Å². The second kappa shape index (κ2) is 6.71. The monoisotopic (exact) mass is 321 g/mol. The van der Waals surface area contributed by atoms with Crippen LogP contribution in [0.25, 0.3) is 0 Å². The van der Waals surface area contributed by atoms with E-state index in [0.717, 1.165) is 0 Å². The van der Waals surface area contributed by atoms with Crippen molar-refractivity contribution in [2.75, 3.05) is 12.3 Å². The molecule has 0 rings (SSSR count). The van der Waals surface area contributed by atoms with Gasteiger partial charge in [-0.1, -0.05) is 20.8 Å². The average molecular weight is 322 g/mol. The van der Waals surface area contributed by atoms with E-state index < -0.39 is 19.9 Å². The second-order valence-electron chi connectivity index (χ2n) is 7.75. The fraction of sp³-hybridized carbons (Fsp3) is 0.929. The largest absolute Gasteiger partial charge is 0.465 e. The van der Waals surface area contributed by atoms with Crippen molar-refractivity contribution in [1.82, 2.24) is 4.90 Å². The Morgan fingerprint density at radius 2 is 1.70 bits per heavy atom. The molecule has 1 N–H and O–H groups in total. The first-order valence-corrected chi connectivity index (χ1v) is 10.6. The third kappa shape index (κ3) is 5.66. The van der Waals surface area contributed by atoms with Crippen molar-refractivity contribution in [3.8, 4) is 0 Å². The molecule has 6 heteroatoms. The lowest BCUT2D eigenvalue weighted by molar-refractivity contribution is 0.0669. The molecule has 20 heavy (non-hydrogen) atoms. The van der Waals surface area contributed by atoms with Gasteiger partial charge >= 0.3 is 6.09 Å². The molecule has 0 aromatic heterocycles. The summed E-state index contributed by atoms with van der Waals surface area (Å²) in [5.41, 5.74) is -0.441.